The number of ether oxygens (including phenoxy) is 2. The largest absolute Gasteiger partial charge is 0.491 e. The number of aliphatic hydroxyl groups is 1. The van der Waals surface area contributed by atoms with E-state index in [4.69, 9.17) is 14.6 Å². The number of rotatable bonds is 10. The molecule has 1 N–H and O–H groups in total. The van der Waals surface area contributed by atoms with Gasteiger partial charge in [0, 0.05) is 12.0 Å². The van der Waals surface area contributed by atoms with Gasteiger partial charge in [0.2, 0.25) is 0 Å². The van der Waals surface area contributed by atoms with Crippen LogP contribution in [-0.4, -0.2) is 36.1 Å². The van der Waals surface area contributed by atoms with Gasteiger partial charge in [0.1, 0.15) is 25.1 Å². The van der Waals surface area contributed by atoms with Gasteiger partial charge < -0.3 is 14.6 Å². The van der Waals surface area contributed by atoms with Crippen LogP contribution in [0.5, 0.6) is 5.75 Å². The molecule has 0 spiro atoms. The van der Waals surface area contributed by atoms with E-state index in [0.717, 1.165) is 28.9 Å². The van der Waals surface area contributed by atoms with Crippen LogP contribution in [0.15, 0.2) is 102 Å². The number of para-hydroxylation sites is 1. The maximum Gasteiger partial charge on any atom is 0.333 e. The predicted octanol–water partition coefficient (Wildman–Crippen LogP) is 5.29. The molecule has 0 bridgehead atoms. The van der Waals surface area contributed by atoms with Gasteiger partial charge in [0.15, 0.2) is 0 Å². The number of hydrogen-bond acceptors (Lipinski definition) is 6. The molecule has 3 aromatic carbocycles. The minimum absolute atomic E-state index is 0.0199. The number of nitrogens with zero attached hydrogens (tertiary/aromatic N) is 2. The lowest BCUT2D eigenvalue weighted by Crippen LogP contribution is -2.25. The topological polar surface area (TPSA) is 71.4 Å². The molecule has 0 radical (unpaired) electrons. The number of carbonyl (C=O) groups is 1. The Morgan fingerprint density at radius 2 is 1.69 bits per heavy atom. The highest BCUT2D eigenvalue weighted by Gasteiger charge is 2.29. The molecule has 3 aromatic rings. The van der Waals surface area contributed by atoms with Crippen LogP contribution >= 0.6 is 0 Å². The van der Waals surface area contributed by atoms with Gasteiger partial charge in [-0.15, -0.1) is 0 Å². The van der Waals surface area contributed by atoms with Crippen molar-refractivity contribution < 1.29 is 19.4 Å². The van der Waals surface area contributed by atoms with Crippen LogP contribution < -0.4 is 9.75 Å². The van der Waals surface area contributed by atoms with Crippen LogP contribution in [0.4, 0.5) is 5.69 Å². The van der Waals surface area contributed by atoms with Gasteiger partial charge in [-0.3, -0.25) is 5.01 Å². The summed E-state index contributed by atoms with van der Waals surface area (Å²) < 4.78 is 10.7. The van der Waals surface area contributed by atoms with Crippen molar-refractivity contribution >= 4 is 17.4 Å². The molecule has 0 fully saturated rings. The molecule has 1 aliphatic rings. The number of hydrazone groups is 1. The highest BCUT2D eigenvalue weighted by molar-refractivity contribution is 6.03. The number of esters is 1. The molecule has 180 valence electrons. The summed E-state index contributed by atoms with van der Waals surface area (Å²) in [5, 5.41) is 17.1. The zero-order valence-electron chi connectivity index (χ0n) is 19.8. The van der Waals surface area contributed by atoms with Gasteiger partial charge in [0.05, 0.1) is 17.4 Å². The van der Waals surface area contributed by atoms with Gasteiger partial charge >= 0.3 is 5.97 Å². The fourth-order valence-electron chi connectivity index (χ4n) is 3.84. The van der Waals surface area contributed by atoms with Crippen molar-refractivity contribution in [3.63, 3.8) is 0 Å². The SMILES string of the molecule is C=C(CC)C(=O)OCC(O)COc1ccc(C2CC(c3ccccc3)=NN2c2ccccc2)cc1. The molecule has 0 saturated carbocycles. The molecular formula is C29H30N2O4. The summed E-state index contributed by atoms with van der Waals surface area (Å²) in [6, 6.07) is 28.3. The van der Waals surface area contributed by atoms with E-state index < -0.39 is 12.1 Å². The summed E-state index contributed by atoms with van der Waals surface area (Å²) in [4.78, 5) is 11.7. The van der Waals surface area contributed by atoms with E-state index in [1.807, 2.05) is 67.6 Å². The number of hydrogen-bond donors (Lipinski definition) is 1. The van der Waals surface area contributed by atoms with Crippen LogP contribution in [0, 0.1) is 0 Å². The average Bonchev–Trinajstić information content (AvgIpc) is 3.37. The first-order valence-electron chi connectivity index (χ1n) is 11.8. The smallest absolute Gasteiger partial charge is 0.333 e. The molecule has 2 atom stereocenters. The monoisotopic (exact) mass is 470 g/mol. The van der Waals surface area contributed by atoms with E-state index in [2.05, 4.69) is 35.9 Å². The first kappa shape index (κ1) is 24.2. The lowest BCUT2D eigenvalue weighted by atomic mass is 9.98. The number of aliphatic hydroxyl groups excluding tert-OH is 1. The van der Waals surface area contributed by atoms with Gasteiger partial charge in [-0.2, -0.15) is 5.10 Å². The molecular weight excluding hydrogens is 440 g/mol. The van der Waals surface area contributed by atoms with Crippen LogP contribution in [0.2, 0.25) is 0 Å². The van der Waals surface area contributed by atoms with Crippen molar-refractivity contribution in [3.8, 4) is 5.75 Å². The van der Waals surface area contributed by atoms with E-state index in [1.54, 1.807) is 0 Å². The summed E-state index contributed by atoms with van der Waals surface area (Å²) in [6.45, 7) is 5.34. The predicted molar refractivity (Wildman–Crippen MR) is 138 cm³/mol. The normalized spacial score (nSPS) is 15.9. The minimum atomic E-state index is -0.923. The fraction of sp³-hybridized carbons (Fsp3) is 0.241. The van der Waals surface area contributed by atoms with Crippen molar-refractivity contribution in [1.29, 1.82) is 0 Å². The summed E-state index contributed by atoms with van der Waals surface area (Å²) in [5.41, 5.74) is 4.69. The Balaban J connectivity index is 1.41. The van der Waals surface area contributed by atoms with E-state index in [1.165, 1.54) is 0 Å². The fourth-order valence-corrected chi connectivity index (χ4v) is 3.84. The summed E-state index contributed by atoms with van der Waals surface area (Å²) >= 11 is 0. The zero-order chi connectivity index (χ0) is 24.6. The number of carbonyl (C=O) groups excluding carboxylic acids is 1. The van der Waals surface area contributed by atoms with Gasteiger partial charge in [0.25, 0.3) is 0 Å². The van der Waals surface area contributed by atoms with Crippen LogP contribution in [0.25, 0.3) is 0 Å². The third-order valence-electron chi connectivity index (χ3n) is 5.87. The van der Waals surface area contributed by atoms with Gasteiger partial charge in [-0.25, -0.2) is 4.79 Å². The molecule has 4 rings (SSSR count). The molecule has 0 amide bonds. The Morgan fingerprint density at radius 1 is 1.03 bits per heavy atom. The summed E-state index contributed by atoms with van der Waals surface area (Å²) in [5.74, 6) is 0.137. The number of benzene rings is 3. The molecule has 0 saturated heterocycles. The Morgan fingerprint density at radius 3 is 2.34 bits per heavy atom. The Labute approximate surface area is 206 Å². The molecule has 35 heavy (non-hydrogen) atoms. The van der Waals surface area contributed by atoms with Crippen LogP contribution in [0.3, 0.4) is 0 Å². The molecule has 2 unspecified atom stereocenters. The highest BCUT2D eigenvalue weighted by atomic mass is 16.5. The second-order valence-electron chi connectivity index (χ2n) is 8.40. The molecule has 0 aliphatic carbocycles. The van der Waals surface area contributed by atoms with E-state index in [-0.39, 0.29) is 19.3 Å². The Kier molecular flexibility index (Phi) is 7.95. The van der Waals surface area contributed by atoms with Crippen molar-refractivity contribution in [2.24, 2.45) is 5.10 Å². The lowest BCUT2D eigenvalue weighted by Gasteiger charge is -2.24. The maximum absolute atomic E-state index is 11.7. The highest BCUT2D eigenvalue weighted by Crippen LogP contribution is 2.37. The van der Waals surface area contributed by atoms with E-state index >= 15 is 0 Å². The van der Waals surface area contributed by atoms with Gasteiger partial charge in [-0.05, 0) is 41.8 Å². The van der Waals surface area contributed by atoms with Crippen LogP contribution in [0.1, 0.15) is 36.9 Å². The van der Waals surface area contributed by atoms with Crippen molar-refractivity contribution in [2.75, 3.05) is 18.2 Å². The molecule has 1 heterocycles. The zero-order valence-corrected chi connectivity index (χ0v) is 19.8. The van der Waals surface area contributed by atoms with Crippen molar-refractivity contribution in [3.05, 3.63) is 108 Å². The third kappa shape index (κ3) is 6.16. The quantitative estimate of drug-likeness (QED) is 0.322. The second-order valence-corrected chi connectivity index (χ2v) is 8.40. The van der Waals surface area contributed by atoms with Crippen molar-refractivity contribution in [1.82, 2.24) is 0 Å². The van der Waals surface area contributed by atoms with Crippen molar-refractivity contribution in [2.45, 2.75) is 31.9 Å². The van der Waals surface area contributed by atoms with E-state index in [0.29, 0.717) is 17.7 Å². The first-order valence-corrected chi connectivity index (χ1v) is 11.8. The third-order valence-corrected chi connectivity index (χ3v) is 5.87. The molecule has 6 nitrogen and oxygen atoms in total. The molecule has 0 aromatic heterocycles. The lowest BCUT2D eigenvalue weighted by molar-refractivity contribution is -0.142. The van der Waals surface area contributed by atoms with Crippen LogP contribution in [-0.2, 0) is 9.53 Å². The standard InChI is InChI=1S/C29H30N2O4/c1-3-21(2)29(33)35-20-25(32)19-34-26-16-14-23(15-17-26)28-18-27(22-10-6-4-7-11-22)30-31(28)24-12-8-5-9-13-24/h4-17,25,28,32H,2-3,18-20H2,1H3. The van der Waals surface area contributed by atoms with E-state index in [9.17, 15) is 9.90 Å². The summed E-state index contributed by atoms with van der Waals surface area (Å²) in [6.07, 6.45) is 0.374. The van der Waals surface area contributed by atoms with Gasteiger partial charge in [-0.1, -0.05) is 74.2 Å². The first-order chi connectivity index (χ1) is 17.0. The Hall–Kier alpha value is -3.90. The average molecular weight is 471 g/mol. The Bertz CT molecular complexity index is 1160. The second kappa shape index (κ2) is 11.5. The minimum Gasteiger partial charge on any atom is -0.491 e. The molecule has 6 heteroatoms. The summed E-state index contributed by atoms with van der Waals surface area (Å²) in [7, 11) is 0. The number of anilines is 1. The maximum atomic E-state index is 11.7. The molecule has 1 aliphatic heterocycles.